The summed E-state index contributed by atoms with van der Waals surface area (Å²) in [5.41, 5.74) is 0.0510. The first-order valence-corrected chi connectivity index (χ1v) is 9.81. The molecule has 1 heterocycles. The van der Waals surface area contributed by atoms with Crippen molar-refractivity contribution < 1.29 is 27.6 Å². The molecule has 144 valence electrons. The zero-order valence-electron chi connectivity index (χ0n) is 15.2. The van der Waals surface area contributed by atoms with E-state index in [1.165, 1.54) is 38.4 Å². The summed E-state index contributed by atoms with van der Waals surface area (Å²) in [6, 6.07) is 5.54. The van der Waals surface area contributed by atoms with Gasteiger partial charge in [0.1, 0.15) is 0 Å². The summed E-state index contributed by atoms with van der Waals surface area (Å²) < 4.78 is 30.2. The van der Waals surface area contributed by atoms with Crippen LogP contribution in [0, 0.1) is 0 Å². The zero-order valence-corrected chi connectivity index (χ0v) is 16.0. The molecule has 1 aliphatic rings. The fourth-order valence-electron chi connectivity index (χ4n) is 2.79. The SMILES string of the molecule is CON(C)S(=O)(=O)c1cccc(C(=O)OCC(=O)N2CCCC[C@H]2C)c1. The van der Waals surface area contributed by atoms with Crippen molar-refractivity contribution in [3.05, 3.63) is 29.8 Å². The molecule has 1 fully saturated rings. The topological polar surface area (TPSA) is 93.2 Å². The predicted molar refractivity (Wildman–Crippen MR) is 93.7 cm³/mol. The maximum Gasteiger partial charge on any atom is 0.338 e. The molecule has 1 saturated heterocycles. The lowest BCUT2D eigenvalue weighted by Crippen LogP contribution is -2.44. The highest BCUT2D eigenvalue weighted by molar-refractivity contribution is 7.89. The normalized spacial score (nSPS) is 18.0. The van der Waals surface area contributed by atoms with Crippen molar-refractivity contribution in [1.29, 1.82) is 0 Å². The molecule has 0 saturated carbocycles. The monoisotopic (exact) mass is 384 g/mol. The zero-order chi connectivity index (χ0) is 19.3. The van der Waals surface area contributed by atoms with Gasteiger partial charge in [-0.2, -0.15) is 0 Å². The molecule has 0 spiro atoms. The van der Waals surface area contributed by atoms with Crippen LogP contribution in [0.15, 0.2) is 29.2 Å². The van der Waals surface area contributed by atoms with E-state index in [0.29, 0.717) is 11.0 Å². The second kappa shape index (κ2) is 8.61. The molecule has 26 heavy (non-hydrogen) atoms. The van der Waals surface area contributed by atoms with Crippen molar-refractivity contribution in [3.63, 3.8) is 0 Å². The van der Waals surface area contributed by atoms with Crippen LogP contribution in [0.25, 0.3) is 0 Å². The van der Waals surface area contributed by atoms with Gasteiger partial charge < -0.3 is 9.64 Å². The number of likely N-dealkylation sites (tertiary alicyclic amines) is 1. The Bertz CT molecular complexity index is 764. The van der Waals surface area contributed by atoms with Gasteiger partial charge in [-0.15, -0.1) is 0 Å². The van der Waals surface area contributed by atoms with Gasteiger partial charge in [-0.05, 0) is 44.4 Å². The lowest BCUT2D eigenvalue weighted by atomic mass is 10.0. The standard InChI is InChI=1S/C17H24N2O6S/c1-13-7-4-5-10-19(13)16(20)12-25-17(21)14-8-6-9-15(11-14)26(22,23)18(2)24-3/h6,8-9,11,13H,4-5,7,10,12H2,1-3H3/t13-/m1/s1. The molecule has 0 aliphatic carbocycles. The third-order valence-electron chi connectivity index (χ3n) is 4.41. The molecule has 0 N–H and O–H groups in total. The van der Waals surface area contributed by atoms with E-state index >= 15 is 0 Å². The fourth-order valence-corrected chi connectivity index (χ4v) is 3.81. The van der Waals surface area contributed by atoms with E-state index in [-0.39, 0.29) is 29.0 Å². The van der Waals surface area contributed by atoms with Crippen LogP contribution in [0.4, 0.5) is 0 Å². The van der Waals surface area contributed by atoms with E-state index in [9.17, 15) is 18.0 Å². The summed E-state index contributed by atoms with van der Waals surface area (Å²) in [5.74, 6) is -0.992. The third-order valence-corrected chi connectivity index (χ3v) is 6.09. The van der Waals surface area contributed by atoms with Gasteiger partial charge in [0.15, 0.2) is 6.61 Å². The highest BCUT2D eigenvalue weighted by Crippen LogP contribution is 2.18. The average Bonchev–Trinajstić information content (AvgIpc) is 2.65. The van der Waals surface area contributed by atoms with Gasteiger partial charge in [-0.3, -0.25) is 9.63 Å². The highest BCUT2D eigenvalue weighted by Gasteiger charge is 2.25. The minimum absolute atomic E-state index is 0.0510. The van der Waals surface area contributed by atoms with Crippen LogP contribution in [-0.4, -0.2) is 63.0 Å². The number of benzene rings is 1. The van der Waals surface area contributed by atoms with E-state index in [1.54, 1.807) is 4.90 Å². The van der Waals surface area contributed by atoms with Crippen molar-refractivity contribution >= 4 is 21.9 Å². The Morgan fingerprint density at radius 1 is 1.31 bits per heavy atom. The second-order valence-electron chi connectivity index (χ2n) is 6.13. The van der Waals surface area contributed by atoms with E-state index < -0.39 is 16.0 Å². The molecule has 1 aromatic carbocycles. The molecular weight excluding hydrogens is 360 g/mol. The number of rotatable bonds is 6. The van der Waals surface area contributed by atoms with Crippen LogP contribution >= 0.6 is 0 Å². The number of nitrogens with zero attached hydrogens (tertiary/aromatic N) is 2. The van der Waals surface area contributed by atoms with Crippen LogP contribution in [0.1, 0.15) is 36.5 Å². The summed E-state index contributed by atoms with van der Waals surface area (Å²) in [7, 11) is -1.40. The molecule has 9 heteroatoms. The summed E-state index contributed by atoms with van der Waals surface area (Å²) in [6.45, 7) is 2.27. The van der Waals surface area contributed by atoms with Gasteiger partial charge in [0.05, 0.1) is 17.6 Å². The Balaban J connectivity index is 2.04. The first kappa shape index (κ1) is 20.3. The lowest BCUT2D eigenvalue weighted by molar-refractivity contribution is -0.137. The van der Waals surface area contributed by atoms with Gasteiger partial charge in [0, 0.05) is 19.6 Å². The molecule has 1 amide bonds. The number of esters is 1. The van der Waals surface area contributed by atoms with Crippen LogP contribution in [-0.2, 0) is 24.4 Å². The Kier molecular flexibility index (Phi) is 6.74. The number of sulfonamides is 1. The molecule has 2 rings (SSSR count). The number of hydroxylamine groups is 1. The van der Waals surface area contributed by atoms with Gasteiger partial charge in [0.2, 0.25) is 0 Å². The number of ether oxygens (including phenoxy) is 1. The first-order valence-electron chi connectivity index (χ1n) is 8.37. The van der Waals surface area contributed by atoms with Crippen LogP contribution in [0.3, 0.4) is 0 Å². The van der Waals surface area contributed by atoms with Crippen molar-refractivity contribution in [2.75, 3.05) is 27.3 Å². The average molecular weight is 384 g/mol. The van der Waals surface area contributed by atoms with Gasteiger partial charge in [0.25, 0.3) is 15.9 Å². The van der Waals surface area contributed by atoms with E-state index in [4.69, 9.17) is 9.57 Å². The Labute approximate surface area is 153 Å². The lowest BCUT2D eigenvalue weighted by Gasteiger charge is -2.33. The molecular formula is C17H24N2O6S. The summed E-state index contributed by atoms with van der Waals surface area (Å²) in [6.07, 6.45) is 2.96. The number of piperidine rings is 1. The molecule has 1 atom stereocenters. The van der Waals surface area contributed by atoms with Gasteiger partial charge in [-0.25, -0.2) is 13.2 Å². The van der Waals surface area contributed by atoms with Gasteiger partial charge >= 0.3 is 5.97 Å². The molecule has 1 aromatic rings. The Hall–Kier alpha value is -1.97. The van der Waals surface area contributed by atoms with Gasteiger partial charge in [-0.1, -0.05) is 10.5 Å². The van der Waals surface area contributed by atoms with Crippen LogP contribution in [0.5, 0.6) is 0 Å². The first-order chi connectivity index (χ1) is 12.3. The number of carbonyl (C=O) groups excluding carboxylic acids is 2. The van der Waals surface area contributed by atoms with Crippen molar-refractivity contribution in [2.24, 2.45) is 0 Å². The molecule has 1 aliphatic heterocycles. The minimum atomic E-state index is -3.87. The number of hydrogen-bond acceptors (Lipinski definition) is 6. The summed E-state index contributed by atoms with van der Waals surface area (Å²) in [4.78, 5) is 30.7. The number of amides is 1. The van der Waals surface area contributed by atoms with Crippen LogP contribution in [0.2, 0.25) is 0 Å². The Morgan fingerprint density at radius 2 is 2.04 bits per heavy atom. The summed E-state index contributed by atoms with van der Waals surface area (Å²) >= 11 is 0. The number of carbonyl (C=O) groups is 2. The second-order valence-corrected chi connectivity index (χ2v) is 8.07. The largest absolute Gasteiger partial charge is 0.452 e. The molecule has 0 bridgehead atoms. The Morgan fingerprint density at radius 3 is 2.69 bits per heavy atom. The molecule has 8 nitrogen and oxygen atoms in total. The predicted octanol–water partition coefficient (Wildman–Crippen LogP) is 1.43. The van der Waals surface area contributed by atoms with E-state index in [0.717, 1.165) is 19.3 Å². The van der Waals surface area contributed by atoms with E-state index in [1.807, 2.05) is 6.92 Å². The van der Waals surface area contributed by atoms with Crippen molar-refractivity contribution in [1.82, 2.24) is 9.37 Å². The molecule has 0 unspecified atom stereocenters. The molecule has 0 aromatic heterocycles. The summed E-state index contributed by atoms with van der Waals surface area (Å²) in [5, 5.41) is 0. The maximum atomic E-state index is 12.2. The van der Waals surface area contributed by atoms with E-state index in [2.05, 4.69) is 0 Å². The fraction of sp³-hybridized carbons (Fsp3) is 0.529. The minimum Gasteiger partial charge on any atom is -0.452 e. The van der Waals surface area contributed by atoms with Crippen LogP contribution < -0.4 is 0 Å². The molecule has 0 radical (unpaired) electrons. The smallest absolute Gasteiger partial charge is 0.338 e. The van der Waals surface area contributed by atoms with Crippen molar-refractivity contribution in [2.45, 2.75) is 37.1 Å². The maximum absolute atomic E-state index is 12.2. The third kappa shape index (κ3) is 4.60. The van der Waals surface area contributed by atoms with Crippen molar-refractivity contribution in [3.8, 4) is 0 Å². The quantitative estimate of drug-likeness (QED) is 0.544. The number of hydrogen-bond donors (Lipinski definition) is 0. The highest BCUT2D eigenvalue weighted by atomic mass is 32.2.